The quantitative estimate of drug-likeness (QED) is 0.703. The molecule has 0 radical (unpaired) electrons. The molecular formula is C23H25N3O4. The van der Waals surface area contributed by atoms with Crippen molar-refractivity contribution in [3.8, 4) is 11.5 Å². The number of hydrogen-bond acceptors (Lipinski definition) is 5. The first kappa shape index (κ1) is 19.9. The minimum absolute atomic E-state index is 0.0193. The lowest BCUT2D eigenvalue weighted by molar-refractivity contribution is 0.0951. The smallest absolute Gasteiger partial charge is 0.261 e. The van der Waals surface area contributed by atoms with Crippen LogP contribution in [0.5, 0.6) is 11.5 Å². The molecule has 7 nitrogen and oxygen atoms in total. The molecule has 0 unspecified atom stereocenters. The maximum Gasteiger partial charge on any atom is 0.261 e. The van der Waals surface area contributed by atoms with Crippen LogP contribution in [0.3, 0.4) is 0 Å². The molecule has 0 fully saturated rings. The highest BCUT2D eigenvalue weighted by Crippen LogP contribution is 2.27. The van der Waals surface area contributed by atoms with E-state index in [2.05, 4.69) is 5.32 Å². The Hall–Kier alpha value is -3.35. The van der Waals surface area contributed by atoms with Gasteiger partial charge in [0.25, 0.3) is 11.5 Å². The summed E-state index contributed by atoms with van der Waals surface area (Å²) in [4.78, 5) is 30.2. The number of aryl methyl sites for hydroxylation is 1. The van der Waals surface area contributed by atoms with Crippen molar-refractivity contribution in [1.82, 2.24) is 14.9 Å². The molecule has 1 amide bonds. The van der Waals surface area contributed by atoms with Crippen molar-refractivity contribution in [1.29, 1.82) is 0 Å². The number of rotatable bonds is 5. The van der Waals surface area contributed by atoms with Crippen LogP contribution in [0, 0.1) is 0 Å². The summed E-state index contributed by atoms with van der Waals surface area (Å²) in [6.07, 6.45) is 3.92. The lowest BCUT2D eigenvalue weighted by Gasteiger charge is -2.12. The maximum absolute atomic E-state index is 12.8. The number of fused-ring (bicyclic) bond motifs is 2. The SMILES string of the molecule is COc1ccc(CNC(=O)c2ccc3c(=O)n4c(nc3c2)CCCCC4)cc1OC. The summed E-state index contributed by atoms with van der Waals surface area (Å²) in [6.45, 7) is 1.06. The Balaban J connectivity index is 1.56. The second-order valence-corrected chi connectivity index (χ2v) is 7.40. The van der Waals surface area contributed by atoms with Gasteiger partial charge in [-0.25, -0.2) is 4.98 Å². The Morgan fingerprint density at radius 2 is 1.90 bits per heavy atom. The van der Waals surface area contributed by atoms with Gasteiger partial charge in [-0.15, -0.1) is 0 Å². The number of methoxy groups -OCH3 is 2. The van der Waals surface area contributed by atoms with Gasteiger partial charge in [0, 0.05) is 25.1 Å². The molecule has 1 aliphatic rings. The van der Waals surface area contributed by atoms with Gasteiger partial charge in [0.1, 0.15) is 5.82 Å². The van der Waals surface area contributed by atoms with Crippen LogP contribution in [0.2, 0.25) is 0 Å². The molecule has 0 atom stereocenters. The number of hydrogen-bond donors (Lipinski definition) is 1. The number of benzene rings is 2. The third-order valence-electron chi connectivity index (χ3n) is 5.48. The van der Waals surface area contributed by atoms with Gasteiger partial charge in [0.15, 0.2) is 11.5 Å². The van der Waals surface area contributed by atoms with Crippen LogP contribution in [0.25, 0.3) is 10.9 Å². The molecule has 0 bridgehead atoms. The molecule has 30 heavy (non-hydrogen) atoms. The van der Waals surface area contributed by atoms with E-state index >= 15 is 0 Å². The van der Waals surface area contributed by atoms with Crippen LogP contribution in [-0.2, 0) is 19.5 Å². The molecule has 1 aromatic heterocycles. The number of ether oxygens (including phenoxy) is 2. The van der Waals surface area contributed by atoms with Crippen LogP contribution in [0.1, 0.15) is 41.0 Å². The summed E-state index contributed by atoms with van der Waals surface area (Å²) in [5.74, 6) is 1.84. The summed E-state index contributed by atoms with van der Waals surface area (Å²) in [6, 6.07) is 10.6. The van der Waals surface area contributed by atoms with Crippen molar-refractivity contribution in [3.05, 3.63) is 63.7 Å². The van der Waals surface area contributed by atoms with E-state index in [0.29, 0.717) is 41.1 Å². The number of carbonyl (C=O) groups is 1. The van der Waals surface area contributed by atoms with Gasteiger partial charge in [-0.1, -0.05) is 12.5 Å². The molecule has 0 saturated carbocycles. The van der Waals surface area contributed by atoms with Gasteiger partial charge in [-0.05, 0) is 48.7 Å². The van der Waals surface area contributed by atoms with Gasteiger partial charge in [0.2, 0.25) is 0 Å². The molecule has 1 N–H and O–H groups in total. The second kappa shape index (κ2) is 8.57. The van der Waals surface area contributed by atoms with Crippen LogP contribution >= 0.6 is 0 Å². The average Bonchev–Trinajstić information content (AvgIpc) is 3.02. The fourth-order valence-corrected chi connectivity index (χ4v) is 3.83. The van der Waals surface area contributed by atoms with E-state index in [4.69, 9.17) is 14.5 Å². The van der Waals surface area contributed by atoms with Gasteiger partial charge in [0.05, 0.1) is 25.1 Å². The van der Waals surface area contributed by atoms with Gasteiger partial charge >= 0.3 is 0 Å². The average molecular weight is 407 g/mol. The predicted molar refractivity (Wildman–Crippen MR) is 114 cm³/mol. The first-order chi connectivity index (χ1) is 14.6. The van der Waals surface area contributed by atoms with Crippen molar-refractivity contribution < 1.29 is 14.3 Å². The monoisotopic (exact) mass is 407 g/mol. The lowest BCUT2D eigenvalue weighted by atomic mass is 10.1. The summed E-state index contributed by atoms with van der Waals surface area (Å²) >= 11 is 0. The minimum atomic E-state index is -0.219. The van der Waals surface area contributed by atoms with Crippen molar-refractivity contribution in [2.45, 2.75) is 38.8 Å². The van der Waals surface area contributed by atoms with Gasteiger partial charge in [-0.2, -0.15) is 0 Å². The summed E-state index contributed by atoms with van der Waals surface area (Å²) in [5.41, 5.74) is 1.93. The topological polar surface area (TPSA) is 82.5 Å². The third-order valence-corrected chi connectivity index (χ3v) is 5.48. The largest absolute Gasteiger partial charge is 0.493 e. The van der Waals surface area contributed by atoms with Crippen molar-refractivity contribution in [2.75, 3.05) is 14.2 Å². The normalized spacial score (nSPS) is 13.4. The van der Waals surface area contributed by atoms with E-state index in [1.54, 1.807) is 43.1 Å². The Bertz CT molecular complexity index is 1150. The summed E-state index contributed by atoms with van der Waals surface area (Å²) in [7, 11) is 3.16. The summed E-state index contributed by atoms with van der Waals surface area (Å²) in [5, 5.41) is 3.46. The Morgan fingerprint density at radius 3 is 2.70 bits per heavy atom. The molecule has 0 aliphatic carbocycles. The van der Waals surface area contributed by atoms with Crippen molar-refractivity contribution in [3.63, 3.8) is 0 Å². The molecule has 0 spiro atoms. The molecule has 0 saturated heterocycles. The van der Waals surface area contributed by atoms with Crippen molar-refractivity contribution in [2.24, 2.45) is 0 Å². The number of aromatic nitrogens is 2. The first-order valence-corrected chi connectivity index (χ1v) is 10.1. The first-order valence-electron chi connectivity index (χ1n) is 10.1. The number of nitrogens with one attached hydrogen (secondary N) is 1. The van der Waals surface area contributed by atoms with E-state index in [1.807, 2.05) is 12.1 Å². The highest BCUT2D eigenvalue weighted by atomic mass is 16.5. The van der Waals surface area contributed by atoms with Gasteiger partial charge in [-0.3, -0.25) is 14.2 Å². The fourth-order valence-electron chi connectivity index (χ4n) is 3.83. The molecule has 1 aliphatic heterocycles. The van der Waals surface area contributed by atoms with Crippen molar-refractivity contribution >= 4 is 16.8 Å². The predicted octanol–water partition coefficient (Wildman–Crippen LogP) is 3.07. The van der Waals surface area contributed by atoms with Crippen LogP contribution in [-0.4, -0.2) is 29.7 Å². The lowest BCUT2D eigenvalue weighted by Crippen LogP contribution is -2.25. The number of nitrogens with zero attached hydrogens (tertiary/aromatic N) is 2. The molecule has 2 aromatic carbocycles. The fraction of sp³-hybridized carbons (Fsp3) is 0.348. The van der Waals surface area contributed by atoms with E-state index in [9.17, 15) is 9.59 Å². The Kier molecular flexibility index (Phi) is 5.70. The highest BCUT2D eigenvalue weighted by molar-refractivity contribution is 5.97. The number of carbonyl (C=O) groups excluding carboxylic acids is 1. The van der Waals surface area contributed by atoms with E-state index in [0.717, 1.165) is 37.1 Å². The Morgan fingerprint density at radius 1 is 1.07 bits per heavy atom. The zero-order valence-corrected chi connectivity index (χ0v) is 17.2. The van der Waals surface area contributed by atoms with Crippen LogP contribution in [0.15, 0.2) is 41.2 Å². The summed E-state index contributed by atoms with van der Waals surface area (Å²) < 4.78 is 12.3. The molecular weight excluding hydrogens is 382 g/mol. The Labute approximate surface area is 174 Å². The van der Waals surface area contributed by atoms with E-state index in [1.165, 1.54) is 0 Å². The second-order valence-electron chi connectivity index (χ2n) is 7.40. The standard InChI is InChI=1S/C23H25N3O4/c1-29-19-10-7-15(12-20(19)30-2)14-24-22(27)16-8-9-17-18(13-16)25-21-6-4-3-5-11-26(21)23(17)28/h7-10,12-13H,3-6,11,14H2,1-2H3,(H,24,27). The zero-order chi connectivity index (χ0) is 21.1. The maximum atomic E-state index is 12.8. The van der Waals surface area contributed by atoms with Crippen LogP contribution < -0.4 is 20.3 Å². The highest BCUT2D eigenvalue weighted by Gasteiger charge is 2.15. The van der Waals surface area contributed by atoms with E-state index < -0.39 is 0 Å². The zero-order valence-electron chi connectivity index (χ0n) is 17.2. The molecule has 156 valence electrons. The molecule has 4 rings (SSSR count). The number of amides is 1. The molecule has 2 heterocycles. The van der Waals surface area contributed by atoms with E-state index in [-0.39, 0.29) is 11.5 Å². The molecule has 3 aromatic rings. The molecule has 7 heteroatoms. The third kappa shape index (κ3) is 3.87. The minimum Gasteiger partial charge on any atom is -0.493 e. The van der Waals surface area contributed by atoms with Crippen LogP contribution in [0.4, 0.5) is 0 Å². The van der Waals surface area contributed by atoms with Gasteiger partial charge < -0.3 is 14.8 Å².